The summed E-state index contributed by atoms with van der Waals surface area (Å²) in [6.07, 6.45) is 0. The van der Waals surface area contributed by atoms with Crippen molar-refractivity contribution in [3.8, 4) is 0 Å². The molecule has 0 fully saturated rings. The SMILES string of the molecule is C.CC(C)c1cc(C(C)C)on1.CC(C)c1nnc(C(C)C)o1. The Balaban J connectivity index is 0.000000403. The molecule has 2 heterocycles. The molecule has 0 atom stereocenters. The van der Waals surface area contributed by atoms with E-state index in [1.54, 1.807) is 0 Å². The van der Waals surface area contributed by atoms with E-state index >= 15 is 0 Å². The van der Waals surface area contributed by atoms with Crippen molar-refractivity contribution in [2.24, 2.45) is 0 Å². The molecule has 0 saturated carbocycles. The Morgan fingerprint density at radius 1 is 0.739 bits per heavy atom. The molecule has 5 heteroatoms. The maximum absolute atomic E-state index is 5.38. The summed E-state index contributed by atoms with van der Waals surface area (Å²) in [6, 6.07) is 2.04. The summed E-state index contributed by atoms with van der Waals surface area (Å²) in [5, 5.41) is 11.8. The summed E-state index contributed by atoms with van der Waals surface area (Å²) < 4.78 is 10.5. The third-order valence-electron chi connectivity index (χ3n) is 3.15. The highest BCUT2D eigenvalue weighted by atomic mass is 16.5. The lowest BCUT2D eigenvalue weighted by molar-refractivity contribution is 0.363. The fraction of sp³-hybridized carbons (Fsp3) is 0.722. The number of hydrogen-bond acceptors (Lipinski definition) is 5. The summed E-state index contributed by atoms with van der Waals surface area (Å²) in [6.45, 7) is 16.6. The molecule has 0 bridgehead atoms. The van der Waals surface area contributed by atoms with Crippen LogP contribution in [0.3, 0.4) is 0 Å². The van der Waals surface area contributed by atoms with Crippen LogP contribution in [0, 0.1) is 0 Å². The molecule has 132 valence electrons. The van der Waals surface area contributed by atoms with Crippen LogP contribution in [-0.2, 0) is 0 Å². The molecule has 0 N–H and O–H groups in total. The fourth-order valence-electron chi connectivity index (χ4n) is 1.56. The molecule has 0 unspecified atom stereocenters. The van der Waals surface area contributed by atoms with Crippen LogP contribution in [0.5, 0.6) is 0 Å². The van der Waals surface area contributed by atoms with Crippen molar-refractivity contribution in [1.82, 2.24) is 15.4 Å². The predicted molar refractivity (Wildman–Crippen MR) is 93.9 cm³/mol. The minimum absolute atomic E-state index is 0. The molecular formula is C18H33N3O2. The van der Waals surface area contributed by atoms with E-state index in [4.69, 9.17) is 8.94 Å². The van der Waals surface area contributed by atoms with Crippen LogP contribution in [0.4, 0.5) is 0 Å². The van der Waals surface area contributed by atoms with Gasteiger partial charge in [0.05, 0.1) is 5.69 Å². The molecule has 0 aliphatic rings. The highest BCUT2D eigenvalue weighted by Gasteiger charge is 2.11. The Hall–Kier alpha value is -1.65. The maximum Gasteiger partial charge on any atom is 0.219 e. The summed E-state index contributed by atoms with van der Waals surface area (Å²) >= 11 is 0. The van der Waals surface area contributed by atoms with Crippen molar-refractivity contribution in [3.63, 3.8) is 0 Å². The van der Waals surface area contributed by atoms with Crippen LogP contribution in [0.1, 0.15) is 110 Å². The van der Waals surface area contributed by atoms with Crippen molar-refractivity contribution >= 4 is 0 Å². The van der Waals surface area contributed by atoms with Gasteiger partial charge in [-0.25, -0.2) is 0 Å². The summed E-state index contributed by atoms with van der Waals surface area (Å²) in [5.41, 5.74) is 1.05. The minimum Gasteiger partial charge on any atom is -0.425 e. The highest BCUT2D eigenvalue weighted by molar-refractivity contribution is 5.11. The zero-order chi connectivity index (χ0) is 16.9. The van der Waals surface area contributed by atoms with E-state index in [0.29, 0.717) is 23.7 Å². The summed E-state index contributed by atoms with van der Waals surface area (Å²) in [4.78, 5) is 0. The van der Waals surface area contributed by atoms with Gasteiger partial charge in [-0.3, -0.25) is 0 Å². The summed E-state index contributed by atoms with van der Waals surface area (Å²) in [5.74, 6) is 4.00. The lowest BCUT2D eigenvalue weighted by Crippen LogP contribution is -1.85. The summed E-state index contributed by atoms with van der Waals surface area (Å²) in [7, 11) is 0. The Bertz CT molecular complexity index is 459. The normalized spacial score (nSPS) is 11.0. The van der Waals surface area contributed by atoms with Gasteiger partial charge in [0.2, 0.25) is 11.8 Å². The monoisotopic (exact) mass is 323 g/mol. The molecule has 0 amide bonds. The van der Waals surface area contributed by atoms with Gasteiger partial charge in [0, 0.05) is 23.8 Å². The van der Waals surface area contributed by atoms with Crippen LogP contribution in [0.15, 0.2) is 15.0 Å². The lowest BCUT2D eigenvalue weighted by atomic mass is 10.1. The number of rotatable bonds is 4. The Labute approximate surface area is 140 Å². The van der Waals surface area contributed by atoms with Crippen LogP contribution in [0.25, 0.3) is 0 Å². The minimum atomic E-state index is 0. The third kappa shape index (κ3) is 6.55. The molecule has 2 aromatic rings. The molecule has 0 saturated heterocycles. The average Bonchev–Trinajstić information content (AvgIpc) is 3.09. The zero-order valence-corrected chi connectivity index (χ0v) is 15.0. The second kappa shape index (κ2) is 9.48. The first-order valence-corrected chi connectivity index (χ1v) is 8.02. The number of nitrogens with zero attached hydrogens (tertiary/aromatic N) is 3. The predicted octanol–water partition coefficient (Wildman–Crippen LogP) is 5.87. The van der Waals surface area contributed by atoms with Crippen molar-refractivity contribution in [3.05, 3.63) is 29.3 Å². The van der Waals surface area contributed by atoms with Crippen molar-refractivity contribution in [1.29, 1.82) is 0 Å². The smallest absolute Gasteiger partial charge is 0.219 e. The van der Waals surface area contributed by atoms with Gasteiger partial charge in [0.15, 0.2) is 0 Å². The van der Waals surface area contributed by atoms with Gasteiger partial charge < -0.3 is 8.94 Å². The van der Waals surface area contributed by atoms with Gasteiger partial charge in [0.25, 0.3) is 0 Å². The van der Waals surface area contributed by atoms with Crippen molar-refractivity contribution < 1.29 is 8.94 Å². The maximum atomic E-state index is 5.38. The first kappa shape index (κ1) is 21.4. The van der Waals surface area contributed by atoms with Crippen LogP contribution in [0.2, 0.25) is 0 Å². The molecule has 5 nitrogen and oxygen atoms in total. The van der Waals surface area contributed by atoms with Gasteiger partial charge in [-0.2, -0.15) is 0 Å². The molecule has 23 heavy (non-hydrogen) atoms. The second-order valence-corrected chi connectivity index (χ2v) is 6.75. The Morgan fingerprint density at radius 3 is 1.43 bits per heavy atom. The van der Waals surface area contributed by atoms with Gasteiger partial charge in [0.1, 0.15) is 5.76 Å². The van der Waals surface area contributed by atoms with Gasteiger partial charge in [-0.05, 0) is 5.92 Å². The molecule has 0 radical (unpaired) electrons. The molecule has 0 aromatic carbocycles. The first-order valence-electron chi connectivity index (χ1n) is 8.02. The Morgan fingerprint density at radius 2 is 1.22 bits per heavy atom. The van der Waals surface area contributed by atoms with Gasteiger partial charge in [-0.15, -0.1) is 10.2 Å². The van der Waals surface area contributed by atoms with E-state index in [1.807, 2.05) is 33.8 Å². The van der Waals surface area contributed by atoms with Crippen molar-refractivity contribution in [2.45, 2.75) is 86.5 Å². The van der Waals surface area contributed by atoms with Crippen LogP contribution < -0.4 is 0 Å². The average molecular weight is 323 g/mol. The quantitative estimate of drug-likeness (QED) is 0.703. The zero-order valence-electron chi connectivity index (χ0n) is 15.0. The van der Waals surface area contributed by atoms with E-state index < -0.39 is 0 Å². The van der Waals surface area contributed by atoms with E-state index in [-0.39, 0.29) is 7.43 Å². The molecule has 2 rings (SSSR count). The number of hydrogen-bond donors (Lipinski definition) is 0. The Kier molecular flexibility index (Phi) is 8.80. The molecule has 2 aromatic heterocycles. The molecule has 0 aliphatic heterocycles. The number of aromatic nitrogens is 3. The van der Waals surface area contributed by atoms with Crippen LogP contribution in [-0.4, -0.2) is 15.4 Å². The van der Waals surface area contributed by atoms with E-state index in [9.17, 15) is 0 Å². The van der Waals surface area contributed by atoms with E-state index in [1.165, 1.54) is 0 Å². The topological polar surface area (TPSA) is 65.0 Å². The first-order chi connectivity index (χ1) is 10.2. The van der Waals surface area contributed by atoms with E-state index in [2.05, 4.69) is 43.0 Å². The van der Waals surface area contributed by atoms with Crippen LogP contribution >= 0.6 is 0 Å². The van der Waals surface area contributed by atoms with Gasteiger partial charge >= 0.3 is 0 Å². The largest absolute Gasteiger partial charge is 0.425 e. The lowest BCUT2D eigenvalue weighted by Gasteiger charge is -1.96. The fourth-order valence-corrected chi connectivity index (χ4v) is 1.56. The standard InChI is InChI=1S/C9H15NO.C8H14N2O.CH4/c1-6(2)8-5-9(7(3)4)11-10-8;1-5(2)7-9-10-8(11-7)6(3)4;/h5-7H,1-4H3;5-6H,1-4H3;1H4. The van der Waals surface area contributed by atoms with Gasteiger partial charge in [-0.1, -0.05) is 68.0 Å². The molecule has 0 spiro atoms. The molecular weight excluding hydrogens is 290 g/mol. The van der Waals surface area contributed by atoms with E-state index in [0.717, 1.165) is 23.2 Å². The van der Waals surface area contributed by atoms with Crippen molar-refractivity contribution in [2.75, 3.05) is 0 Å². The highest BCUT2D eigenvalue weighted by Crippen LogP contribution is 2.19. The molecule has 0 aliphatic carbocycles. The third-order valence-corrected chi connectivity index (χ3v) is 3.15. The second-order valence-electron chi connectivity index (χ2n) is 6.75.